The molecular weight excluding hydrogens is 367 g/mol. The molecule has 1 N–H and O–H groups in total. The zero-order valence-corrected chi connectivity index (χ0v) is 17.5. The first-order valence-corrected chi connectivity index (χ1v) is 10.7. The van der Waals surface area contributed by atoms with Crippen LogP contribution in [0.4, 0.5) is 4.39 Å². The van der Waals surface area contributed by atoms with E-state index in [4.69, 9.17) is 0 Å². The number of halogens is 1. The van der Waals surface area contributed by atoms with Crippen LogP contribution < -0.4 is 0 Å². The van der Waals surface area contributed by atoms with Crippen LogP contribution in [0.1, 0.15) is 54.9 Å². The summed E-state index contributed by atoms with van der Waals surface area (Å²) >= 11 is 0. The van der Waals surface area contributed by atoms with Crippen molar-refractivity contribution in [2.24, 2.45) is 11.3 Å². The van der Waals surface area contributed by atoms with Crippen molar-refractivity contribution in [2.45, 2.75) is 46.1 Å². The second-order valence-corrected chi connectivity index (χ2v) is 9.29. The Morgan fingerprint density at radius 3 is 2.76 bits per heavy atom. The fourth-order valence-electron chi connectivity index (χ4n) is 4.91. The number of aromatic nitrogens is 2. The van der Waals surface area contributed by atoms with Crippen molar-refractivity contribution < 1.29 is 9.18 Å². The second kappa shape index (κ2) is 8.27. The molecule has 1 amide bonds. The number of hydrogen-bond acceptors (Lipinski definition) is 3. The Labute approximate surface area is 172 Å². The molecule has 1 spiro atoms. The minimum absolute atomic E-state index is 0.0452. The molecule has 0 unspecified atom stereocenters. The summed E-state index contributed by atoms with van der Waals surface area (Å²) in [4.78, 5) is 17.4. The third-order valence-corrected chi connectivity index (χ3v) is 6.26. The molecule has 6 heteroatoms. The molecule has 156 valence electrons. The van der Waals surface area contributed by atoms with Crippen molar-refractivity contribution in [1.29, 1.82) is 0 Å². The fraction of sp³-hybridized carbons (Fsp3) is 0.565. The Morgan fingerprint density at radius 1 is 1.21 bits per heavy atom. The maximum Gasteiger partial charge on any atom is 0.274 e. The first kappa shape index (κ1) is 20.1. The summed E-state index contributed by atoms with van der Waals surface area (Å²) in [5, 5.41) is 7.29. The number of aromatic amines is 1. The van der Waals surface area contributed by atoms with E-state index in [9.17, 15) is 9.18 Å². The molecule has 2 fully saturated rings. The van der Waals surface area contributed by atoms with Gasteiger partial charge in [-0.3, -0.25) is 14.8 Å². The van der Waals surface area contributed by atoms with Crippen molar-refractivity contribution in [2.75, 3.05) is 26.2 Å². The number of piperidine rings is 1. The molecule has 2 aromatic rings. The topological polar surface area (TPSA) is 52.2 Å². The summed E-state index contributed by atoms with van der Waals surface area (Å²) < 4.78 is 13.2. The van der Waals surface area contributed by atoms with Crippen LogP contribution in [-0.4, -0.2) is 52.1 Å². The van der Waals surface area contributed by atoms with Gasteiger partial charge in [-0.05, 0) is 61.9 Å². The molecule has 5 nitrogen and oxygen atoms in total. The predicted molar refractivity (Wildman–Crippen MR) is 111 cm³/mol. The van der Waals surface area contributed by atoms with Gasteiger partial charge >= 0.3 is 0 Å². The summed E-state index contributed by atoms with van der Waals surface area (Å²) in [5.41, 5.74) is 2.88. The van der Waals surface area contributed by atoms with Crippen molar-refractivity contribution >= 4 is 5.91 Å². The smallest absolute Gasteiger partial charge is 0.274 e. The van der Waals surface area contributed by atoms with E-state index < -0.39 is 0 Å². The van der Waals surface area contributed by atoms with E-state index in [1.54, 1.807) is 0 Å². The Balaban J connectivity index is 1.38. The van der Waals surface area contributed by atoms with E-state index in [0.717, 1.165) is 69.7 Å². The maximum atomic E-state index is 13.2. The minimum Gasteiger partial charge on any atom is -0.337 e. The number of hydrogen-bond donors (Lipinski definition) is 1. The maximum absolute atomic E-state index is 13.2. The van der Waals surface area contributed by atoms with Gasteiger partial charge in [0.1, 0.15) is 11.5 Å². The van der Waals surface area contributed by atoms with E-state index in [1.165, 1.54) is 12.1 Å². The normalized spacial score (nSPS) is 22.7. The van der Waals surface area contributed by atoms with Crippen LogP contribution in [-0.2, 0) is 13.0 Å². The highest BCUT2D eigenvalue weighted by Gasteiger charge is 2.43. The molecule has 0 aliphatic carbocycles. The van der Waals surface area contributed by atoms with Crippen molar-refractivity contribution in [3.63, 3.8) is 0 Å². The van der Waals surface area contributed by atoms with Crippen LogP contribution in [0.25, 0.3) is 0 Å². The summed E-state index contributed by atoms with van der Waals surface area (Å²) in [6.07, 6.45) is 4.25. The van der Waals surface area contributed by atoms with Crippen molar-refractivity contribution in [3.8, 4) is 0 Å². The van der Waals surface area contributed by atoms with Crippen LogP contribution in [0.2, 0.25) is 0 Å². The molecule has 0 radical (unpaired) electrons. The van der Waals surface area contributed by atoms with Gasteiger partial charge in [-0.25, -0.2) is 4.39 Å². The lowest BCUT2D eigenvalue weighted by molar-refractivity contribution is 0.0671. The minimum atomic E-state index is -0.191. The monoisotopic (exact) mass is 398 g/mol. The van der Waals surface area contributed by atoms with E-state index in [1.807, 2.05) is 23.1 Å². The van der Waals surface area contributed by atoms with E-state index in [-0.39, 0.29) is 17.1 Å². The largest absolute Gasteiger partial charge is 0.337 e. The van der Waals surface area contributed by atoms with Crippen LogP contribution in [0, 0.1) is 17.2 Å². The molecule has 2 saturated heterocycles. The molecule has 3 heterocycles. The van der Waals surface area contributed by atoms with Crippen LogP contribution in [0.3, 0.4) is 0 Å². The molecule has 2 aliphatic heterocycles. The zero-order chi connectivity index (χ0) is 20.4. The number of rotatable bonds is 5. The number of carbonyl (C=O) groups excluding carboxylic acids is 1. The predicted octanol–water partition coefficient (Wildman–Crippen LogP) is 3.88. The van der Waals surface area contributed by atoms with Gasteiger partial charge < -0.3 is 4.90 Å². The lowest BCUT2D eigenvalue weighted by Crippen LogP contribution is -2.45. The second-order valence-electron chi connectivity index (χ2n) is 9.29. The quantitative estimate of drug-likeness (QED) is 0.832. The molecular formula is C23H31FN4O. The van der Waals surface area contributed by atoms with Gasteiger partial charge in [0.2, 0.25) is 0 Å². The lowest BCUT2D eigenvalue weighted by Gasteiger charge is -2.40. The van der Waals surface area contributed by atoms with Gasteiger partial charge in [0.05, 0.1) is 0 Å². The highest BCUT2D eigenvalue weighted by molar-refractivity contribution is 5.92. The summed E-state index contributed by atoms with van der Waals surface area (Å²) in [6, 6.07) is 8.71. The third kappa shape index (κ3) is 4.69. The zero-order valence-electron chi connectivity index (χ0n) is 17.5. The van der Waals surface area contributed by atoms with E-state index >= 15 is 0 Å². The fourth-order valence-corrected chi connectivity index (χ4v) is 4.91. The third-order valence-electron chi connectivity index (χ3n) is 6.26. The Hall–Kier alpha value is -2.21. The van der Waals surface area contributed by atoms with E-state index in [2.05, 4.69) is 28.9 Å². The number of nitrogens with zero attached hydrogens (tertiary/aromatic N) is 3. The SMILES string of the molecule is CC(C)Cc1cc(C(=O)N2CC[C@]3(CCCN(Cc4ccc(F)cc4)C3)C2)n[nH]1. The summed E-state index contributed by atoms with van der Waals surface area (Å²) in [5.74, 6) is 0.385. The molecule has 4 rings (SSSR count). The molecule has 29 heavy (non-hydrogen) atoms. The number of H-pyrrole nitrogens is 1. The summed E-state index contributed by atoms with van der Waals surface area (Å²) in [7, 11) is 0. The van der Waals surface area contributed by atoms with Gasteiger partial charge in [0, 0.05) is 37.3 Å². The van der Waals surface area contributed by atoms with Crippen LogP contribution >= 0.6 is 0 Å². The first-order chi connectivity index (χ1) is 13.9. The van der Waals surface area contributed by atoms with E-state index in [0.29, 0.717) is 11.6 Å². The highest BCUT2D eigenvalue weighted by Crippen LogP contribution is 2.39. The number of carbonyl (C=O) groups is 1. The average Bonchev–Trinajstić information content (AvgIpc) is 3.30. The van der Waals surface area contributed by atoms with Gasteiger partial charge in [-0.15, -0.1) is 0 Å². The standard InChI is InChI=1S/C23H31FN4O/c1-17(2)12-20-13-21(26-25-20)22(29)28-11-9-23(16-28)8-3-10-27(15-23)14-18-4-6-19(24)7-5-18/h4-7,13,17H,3,8-12,14-16H2,1-2H3,(H,25,26)/t23-/m0/s1. The molecule has 1 aromatic carbocycles. The number of amides is 1. The molecule has 2 aliphatic rings. The van der Waals surface area contributed by atoms with Gasteiger partial charge in [0.15, 0.2) is 0 Å². The van der Waals surface area contributed by atoms with Crippen molar-refractivity contribution in [3.05, 3.63) is 53.1 Å². The molecule has 0 saturated carbocycles. The number of likely N-dealkylation sites (tertiary alicyclic amines) is 2. The van der Waals surface area contributed by atoms with Gasteiger partial charge in [-0.2, -0.15) is 5.10 Å². The summed E-state index contributed by atoms with van der Waals surface area (Å²) in [6.45, 7) is 8.82. The Kier molecular flexibility index (Phi) is 5.72. The first-order valence-electron chi connectivity index (χ1n) is 10.7. The molecule has 1 aromatic heterocycles. The van der Waals surface area contributed by atoms with Crippen LogP contribution in [0.15, 0.2) is 30.3 Å². The Bertz CT molecular complexity index is 847. The number of benzene rings is 1. The molecule has 0 bridgehead atoms. The molecule has 1 atom stereocenters. The van der Waals surface area contributed by atoms with Crippen LogP contribution in [0.5, 0.6) is 0 Å². The Morgan fingerprint density at radius 2 is 2.00 bits per heavy atom. The lowest BCUT2D eigenvalue weighted by atomic mass is 9.79. The highest BCUT2D eigenvalue weighted by atomic mass is 19.1. The number of nitrogens with one attached hydrogen (secondary N) is 1. The van der Waals surface area contributed by atoms with Gasteiger partial charge in [0.25, 0.3) is 5.91 Å². The van der Waals surface area contributed by atoms with Crippen molar-refractivity contribution in [1.82, 2.24) is 20.0 Å². The van der Waals surface area contributed by atoms with Gasteiger partial charge in [-0.1, -0.05) is 26.0 Å². The average molecular weight is 399 g/mol.